The van der Waals surface area contributed by atoms with Gasteiger partial charge in [0.1, 0.15) is 11.9 Å². The van der Waals surface area contributed by atoms with Gasteiger partial charge in [0, 0.05) is 12.2 Å². The molecular weight excluding hydrogens is 396 g/mol. The fourth-order valence-electron chi connectivity index (χ4n) is 4.31. The molecule has 4 aromatic carbocycles. The summed E-state index contributed by atoms with van der Waals surface area (Å²) in [6.07, 6.45) is -0.360. The number of hydrogen-bond donors (Lipinski definition) is 1. The molecule has 0 aromatic heterocycles. The number of fused-ring (bicyclic) bond motifs is 1. The van der Waals surface area contributed by atoms with Crippen LogP contribution in [0.3, 0.4) is 0 Å². The number of carbonyl (C=O) groups excluding carboxylic acids is 1. The number of hydrogen-bond acceptors (Lipinski definition) is 3. The fraction of sp³-hybridized carbons (Fsp3) is 0.107. The maximum atomic E-state index is 13.8. The summed E-state index contributed by atoms with van der Waals surface area (Å²) in [6.45, 7) is 2.68. The van der Waals surface area contributed by atoms with Crippen molar-refractivity contribution in [3.8, 4) is 5.75 Å². The molecule has 0 spiro atoms. The standard InChI is InChI=1S/C28H24N2O2/c1-20-11-15-23(16-12-20)30-27(22-13-17-24(31)18-14-22)29(19-21-7-3-2-4-8-21)26-10-6-5-9-25(26)28(30)32/h2-18,27,31H,19H2,1H3. The molecule has 1 atom stereocenters. The number of benzene rings is 4. The Morgan fingerprint density at radius 2 is 1.44 bits per heavy atom. The second-order valence-electron chi connectivity index (χ2n) is 8.11. The first-order valence-electron chi connectivity index (χ1n) is 10.7. The normalized spacial score (nSPS) is 15.5. The van der Waals surface area contributed by atoms with E-state index in [-0.39, 0.29) is 17.8 Å². The zero-order valence-electron chi connectivity index (χ0n) is 17.8. The predicted octanol–water partition coefficient (Wildman–Crippen LogP) is 6.07. The van der Waals surface area contributed by atoms with Crippen LogP contribution >= 0.6 is 0 Å². The van der Waals surface area contributed by atoms with Gasteiger partial charge >= 0.3 is 0 Å². The van der Waals surface area contributed by atoms with Crippen molar-refractivity contribution >= 4 is 17.3 Å². The number of rotatable bonds is 4. The molecule has 0 radical (unpaired) electrons. The summed E-state index contributed by atoms with van der Waals surface area (Å²) in [6, 6.07) is 33.2. The summed E-state index contributed by atoms with van der Waals surface area (Å²) < 4.78 is 0. The second-order valence-corrected chi connectivity index (χ2v) is 8.11. The Morgan fingerprint density at radius 3 is 2.16 bits per heavy atom. The van der Waals surface area contributed by atoms with Crippen LogP contribution < -0.4 is 9.80 Å². The van der Waals surface area contributed by atoms with Crippen LogP contribution in [0.5, 0.6) is 5.75 Å². The summed E-state index contributed by atoms with van der Waals surface area (Å²) in [5, 5.41) is 9.89. The molecule has 0 bridgehead atoms. The number of aromatic hydroxyl groups is 1. The lowest BCUT2D eigenvalue weighted by atomic mass is 9.99. The van der Waals surface area contributed by atoms with E-state index in [9.17, 15) is 9.90 Å². The smallest absolute Gasteiger partial charge is 0.262 e. The molecule has 1 N–H and O–H groups in total. The molecule has 32 heavy (non-hydrogen) atoms. The van der Waals surface area contributed by atoms with E-state index in [2.05, 4.69) is 17.0 Å². The van der Waals surface area contributed by atoms with E-state index in [1.807, 2.05) is 90.7 Å². The minimum Gasteiger partial charge on any atom is -0.508 e. The fourth-order valence-corrected chi connectivity index (χ4v) is 4.31. The molecule has 158 valence electrons. The zero-order chi connectivity index (χ0) is 22.1. The van der Waals surface area contributed by atoms with Gasteiger partial charge in [0.05, 0.1) is 11.3 Å². The van der Waals surface area contributed by atoms with Crippen molar-refractivity contribution in [3.63, 3.8) is 0 Å². The monoisotopic (exact) mass is 420 g/mol. The Labute approximate surface area is 188 Å². The largest absolute Gasteiger partial charge is 0.508 e. The number of amides is 1. The highest BCUT2D eigenvalue weighted by atomic mass is 16.3. The Hall–Kier alpha value is -4.05. The molecule has 1 heterocycles. The van der Waals surface area contributed by atoms with Crippen molar-refractivity contribution in [3.05, 3.63) is 125 Å². The van der Waals surface area contributed by atoms with E-state index in [4.69, 9.17) is 0 Å². The SMILES string of the molecule is Cc1ccc(N2C(=O)c3ccccc3N(Cc3ccccc3)C2c2ccc(O)cc2)cc1. The maximum Gasteiger partial charge on any atom is 0.262 e. The zero-order valence-corrected chi connectivity index (χ0v) is 17.8. The number of anilines is 2. The topological polar surface area (TPSA) is 43.8 Å². The lowest BCUT2D eigenvalue weighted by molar-refractivity contribution is 0.0968. The molecule has 4 nitrogen and oxygen atoms in total. The van der Waals surface area contributed by atoms with E-state index >= 15 is 0 Å². The summed E-state index contributed by atoms with van der Waals surface area (Å²) >= 11 is 0. The van der Waals surface area contributed by atoms with Crippen LogP contribution in [0.2, 0.25) is 0 Å². The van der Waals surface area contributed by atoms with Crippen molar-refractivity contribution in [1.29, 1.82) is 0 Å². The van der Waals surface area contributed by atoms with Gasteiger partial charge in [-0.2, -0.15) is 0 Å². The highest BCUT2D eigenvalue weighted by molar-refractivity contribution is 6.12. The number of para-hydroxylation sites is 1. The quantitative estimate of drug-likeness (QED) is 0.436. The van der Waals surface area contributed by atoms with E-state index in [0.717, 1.165) is 28.1 Å². The van der Waals surface area contributed by atoms with Crippen LogP contribution in [-0.4, -0.2) is 11.0 Å². The predicted molar refractivity (Wildman–Crippen MR) is 128 cm³/mol. The maximum absolute atomic E-state index is 13.8. The average molecular weight is 421 g/mol. The Balaban J connectivity index is 1.72. The summed E-state index contributed by atoms with van der Waals surface area (Å²) in [4.78, 5) is 17.9. The van der Waals surface area contributed by atoms with Crippen molar-refractivity contribution in [2.45, 2.75) is 19.6 Å². The lowest BCUT2D eigenvalue weighted by Crippen LogP contribution is -2.49. The molecule has 1 aliphatic heterocycles. The third-order valence-electron chi connectivity index (χ3n) is 5.90. The van der Waals surface area contributed by atoms with Crippen molar-refractivity contribution < 1.29 is 9.90 Å². The number of carbonyl (C=O) groups is 1. The first-order chi connectivity index (χ1) is 15.6. The number of nitrogens with zero attached hydrogens (tertiary/aromatic N) is 2. The minimum atomic E-state index is -0.360. The van der Waals surface area contributed by atoms with Crippen LogP contribution in [0.15, 0.2) is 103 Å². The average Bonchev–Trinajstić information content (AvgIpc) is 2.83. The van der Waals surface area contributed by atoms with E-state index in [1.165, 1.54) is 0 Å². The second kappa shape index (κ2) is 8.23. The third kappa shape index (κ3) is 3.60. The van der Waals surface area contributed by atoms with Gasteiger partial charge in [-0.1, -0.05) is 72.3 Å². The number of phenolic OH excluding ortho intramolecular Hbond substituents is 1. The van der Waals surface area contributed by atoms with Gasteiger partial charge in [0.25, 0.3) is 5.91 Å². The third-order valence-corrected chi connectivity index (χ3v) is 5.90. The number of aryl methyl sites for hydroxylation is 1. The Kier molecular flexibility index (Phi) is 5.12. The molecule has 4 heteroatoms. The van der Waals surface area contributed by atoms with Crippen molar-refractivity contribution in [2.24, 2.45) is 0 Å². The van der Waals surface area contributed by atoms with Crippen LogP contribution in [0.25, 0.3) is 0 Å². The summed E-state index contributed by atoms with van der Waals surface area (Å²) in [5.41, 5.74) is 5.65. The van der Waals surface area contributed by atoms with E-state index < -0.39 is 0 Å². The highest BCUT2D eigenvalue weighted by Crippen LogP contribution is 2.42. The van der Waals surface area contributed by atoms with Gasteiger partial charge in [-0.3, -0.25) is 9.69 Å². The first-order valence-corrected chi connectivity index (χ1v) is 10.7. The van der Waals surface area contributed by atoms with Gasteiger partial charge in [0.15, 0.2) is 0 Å². The molecular formula is C28H24N2O2. The van der Waals surface area contributed by atoms with Crippen LogP contribution in [-0.2, 0) is 6.54 Å². The lowest BCUT2D eigenvalue weighted by Gasteiger charge is -2.46. The van der Waals surface area contributed by atoms with Gasteiger partial charge in [-0.05, 0) is 54.4 Å². The van der Waals surface area contributed by atoms with Gasteiger partial charge in [0.2, 0.25) is 0 Å². The van der Waals surface area contributed by atoms with Gasteiger partial charge in [-0.15, -0.1) is 0 Å². The van der Waals surface area contributed by atoms with Crippen molar-refractivity contribution in [2.75, 3.05) is 9.80 Å². The molecule has 4 aromatic rings. The van der Waals surface area contributed by atoms with E-state index in [1.54, 1.807) is 12.1 Å². The molecule has 0 saturated heterocycles. The molecule has 0 fully saturated rings. The van der Waals surface area contributed by atoms with Crippen LogP contribution in [0.4, 0.5) is 11.4 Å². The first kappa shape index (κ1) is 19.9. The van der Waals surface area contributed by atoms with Crippen molar-refractivity contribution in [1.82, 2.24) is 0 Å². The Bertz CT molecular complexity index is 1230. The molecule has 0 aliphatic carbocycles. The number of phenols is 1. The van der Waals surface area contributed by atoms with Gasteiger partial charge < -0.3 is 10.0 Å². The molecule has 1 amide bonds. The molecule has 1 aliphatic rings. The minimum absolute atomic E-state index is 0.0353. The Morgan fingerprint density at radius 1 is 0.781 bits per heavy atom. The summed E-state index contributed by atoms with van der Waals surface area (Å²) in [5.74, 6) is 0.166. The summed E-state index contributed by atoms with van der Waals surface area (Å²) in [7, 11) is 0. The van der Waals surface area contributed by atoms with Crippen LogP contribution in [0, 0.1) is 6.92 Å². The van der Waals surface area contributed by atoms with Gasteiger partial charge in [-0.25, -0.2) is 0 Å². The molecule has 0 saturated carbocycles. The highest BCUT2D eigenvalue weighted by Gasteiger charge is 2.39. The van der Waals surface area contributed by atoms with Crippen LogP contribution in [0.1, 0.15) is 33.2 Å². The van der Waals surface area contributed by atoms with E-state index in [0.29, 0.717) is 12.1 Å². The molecule has 1 unspecified atom stereocenters. The molecule has 5 rings (SSSR count).